The van der Waals surface area contributed by atoms with E-state index < -0.39 is 0 Å². The smallest absolute Gasteiger partial charge is 0.115 e. The van der Waals surface area contributed by atoms with E-state index in [1.165, 1.54) is 6.33 Å². The van der Waals surface area contributed by atoms with Crippen molar-refractivity contribution in [2.45, 2.75) is 32.8 Å². The second-order valence-corrected chi connectivity index (χ2v) is 3.60. The van der Waals surface area contributed by atoms with Gasteiger partial charge in [-0.2, -0.15) is 0 Å². The fourth-order valence-corrected chi connectivity index (χ4v) is 1.11. The first-order valence-corrected chi connectivity index (χ1v) is 4.62. The molecule has 3 heteroatoms. The Morgan fingerprint density at radius 2 is 1.92 bits per heavy atom. The van der Waals surface area contributed by atoms with E-state index in [0.29, 0.717) is 5.92 Å². The summed E-state index contributed by atoms with van der Waals surface area (Å²) in [7, 11) is 0. The van der Waals surface area contributed by atoms with Crippen molar-refractivity contribution in [3.05, 3.63) is 24.3 Å². The lowest BCUT2D eigenvalue weighted by Gasteiger charge is -2.13. The summed E-state index contributed by atoms with van der Waals surface area (Å²) in [6.45, 7) is 4.04. The van der Waals surface area contributed by atoms with E-state index in [2.05, 4.69) is 9.97 Å². The Balaban J connectivity index is 2.35. The Bertz CT molecular complexity index is 236. The molecule has 3 nitrogen and oxygen atoms in total. The molecular weight excluding hydrogens is 164 g/mol. The fraction of sp³-hybridized carbons (Fsp3) is 0.600. The van der Waals surface area contributed by atoms with E-state index in [0.717, 1.165) is 18.4 Å². The lowest BCUT2D eigenvalue weighted by molar-refractivity contribution is 0.116. The molecule has 0 aliphatic heterocycles. The highest BCUT2D eigenvalue weighted by atomic mass is 16.3. The second kappa shape index (κ2) is 4.92. The predicted octanol–water partition coefficient (Wildman–Crippen LogP) is 1.43. The number of rotatable bonds is 4. The third kappa shape index (κ3) is 3.51. The highest BCUT2D eigenvalue weighted by Crippen LogP contribution is 2.09. The summed E-state index contributed by atoms with van der Waals surface area (Å²) in [5.74, 6) is 0.324. The van der Waals surface area contributed by atoms with Gasteiger partial charge >= 0.3 is 0 Å². The number of hydrogen-bond donors (Lipinski definition) is 1. The van der Waals surface area contributed by atoms with Crippen LogP contribution in [0.15, 0.2) is 18.7 Å². The molecule has 13 heavy (non-hydrogen) atoms. The van der Waals surface area contributed by atoms with Gasteiger partial charge in [-0.25, -0.2) is 9.97 Å². The van der Waals surface area contributed by atoms with Gasteiger partial charge in [0.15, 0.2) is 0 Å². The first-order valence-electron chi connectivity index (χ1n) is 4.62. The molecule has 0 aliphatic carbocycles. The van der Waals surface area contributed by atoms with Crippen LogP contribution in [0.5, 0.6) is 0 Å². The number of aromatic nitrogens is 2. The molecule has 0 spiro atoms. The zero-order valence-corrected chi connectivity index (χ0v) is 8.14. The summed E-state index contributed by atoms with van der Waals surface area (Å²) in [5, 5.41) is 9.55. The average Bonchev–Trinajstić information content (AvgIpc) is 2.15. The van der Waals surface area contributed by atoms with Gasteiger partial charge in [0.2, 0.25) is 0 Å². The van der Waals surface area contributed by atoms with Crippen LogP contribution in [0.25, 0.3) is 0 Å². The molecule has 1 aromatic rings. The van der Waals surface area contributed by atoms with Crippen LogP contribution in [-0.2, 0) is 6.42 Å². The van der Waals surface area contributed by atoms with Crippen LogP contribution < -0.4 is 0 Å². The molecule has 0 fully saturated rings. The molecule has 72 valence electrons. The summed E-state index contributed by atoms with van der Waals surface area (Å²) in [4.78, 5) is 7.83. The molecule has 0 aliphatic rings. The van der Waals surface area contributed by atoms with Crippen molar-refractivity contribution >= 4 is 0 Å². The molecule has 1 N–H and O–H groups in total. The number of aliphatic hydroxyl groups excluding tert-OH is 1. The molecule has 0 saturated heterocycles. The number of nitrogens with zero attached hydrogens (tertiary/aromatic N) is 2. The summed E-state index contributed by atoms with van der Waals surface area (Å²) < 4.78 is 0. The van der Waals surface area contributed by atoms with E-state index in [9.17, 15) is 5.11 Å². The van der Waals surface area contributed by atoms with Crippen molar-refractivity contribution in [1.82, 2.24) is 9.97 Å². The third-order valence-corrected chi connectivity index (χ3v) is 2.11. The molecule has 1 heterocycles. The van der Waals surface area contributed by atoms with E-state index in [4.69, 9.17) is 0 Å². The van der Waals surface area contributed by atoms with Crippen LogP contribution in [0.3, 0.4) is 0 Å². The Morgan fingerprint density at radius 3 is 2.46 bits per heavy atom. The highest BCUT2D eigenvalue weighted by molar-refractivity contribution is 5.02. The zero-order valence-electron chi connectivity index (χ0n) is 8.14. The zero-order chi connectivity index (χ0) is 9.68. The average molecular weight is 180 g/mol. The van der Waals surface area contributed by atoms with Crippen LogP contribution in [-0.4, -0.2) is 21.2 Å². The summed E-state index contributed by atoms with van der Waals surface area (Å²) in [6, 6.07) is 0. The molecule has 1 atom stereocenters. The lowest BCUT2D eigenvalue weighted by atomic mass is 10.0. The van der Waals surface area contributed by atoms with E-state index in [-0.39, 0.29) is 6.10 Å². The number of hydrogen-bond acceptors (Lipinski definition) is 3. The standard InChI is InChI=1S/C10H16N2O/c1-8(2)10(13)4-3-9-5-11-7-12-6-9/h5-8,10,13H,3-4H2,1-2H3. The van der Waals surface area contributed by atoms with E-state index in [1.807, 2.05) is 13.8 Å². The summed E-state index contributed by atoms with van der Waals surface area (Å²) in [6.07, 6.45) is 6.51. The molecule has 0 saturated carbocycles. The van der Waals surface area contributed by atoms with Crippen LogP contribution in [0.4, 0.5) is 0 Å². The van der Waals surface area contributed by atoms with Gasteiger partial charge in [0.05, 0.1) is 6.10 Å². The Hall–Kier alpha value is -0.960. The lowest BCUT2D eigenvalue weighted by Crippen LogP contribution is -2.15. The van der Waals surface area contributed by atoms with Gasteiger partial charge in [0, 0.05) is 12.4 Å². The quantitative estimate of drug-likeness (QED) is 0.762. The molecule has 0 bridgehead atoms. The molecule has 0 amide bonds. The minimum absolute atomic E-state index is 0.222. The van der Waals surface area contributed by atoms with Gasteiger partial charge in [-0.1, -0.05) is 13.8 Å². The van der Waals surface area contributed by atoms with Crippen molar-refractivity contribution in [3.63, 3.8) is 0 Å². The SMILES string of the molecule is CC(C)C(O)CCc1cncnc1. The van der Waals surface area contributed by atoms with Crippen LogP contribution in [0, 0.1) is 5.92 Å². The minimum atomic E-state index is -0.222. The van der Waals surface area contributed by atoms with Crippen molar-refractivity contribution in [2.75, 3.05) is 0 Å². The Morgan fingerprint density at radius 1 is 1.31 bits per heavy atom. The molecular formula is C10H16N2O. The maximum Gasteiger partial charge on any atom is 0.115 e. The fourth-order valence-electron chi connectivity index (χ4n) is 1.11. The van der Waals surface area contributed by atoms with Gasteiger partial charge in [0.1, 0.15) is 6.33 Å². The van der Waals surface area contributed by atoms with E-state index >= 15 is 0 Å². The second-order valence-electron chi connectivity index (χ2n) is 3.60. The third-order valence-electron chi connectivity index (χ3n) is 2.11. The molecule has 1 aromatic heterocycles. The Labute approximate surface area is 78.9 Å². The summed E-state index contributed by atoms with van der Waals surface area (Å²) >= 11 is 0. The van der Waals surface area contributed by atoms with Gasteiger partial charge in [-0.05, 0) is 24.3 Å². The van der Waals surface area contributed by atoms with Gasteiger partial charge in [-0.15, -0.1) is 0 Å². The normalized spacial score (nSPS) is 13.2. The van der Waals surface area contributed by atoms with Crippen molar-refractivity contribution in [2.24, 2.45) is 5.92 Å². The Kier molecular flexibility index (Phi) is 3.83. The first kappa shape index (κ1) is 10.1. The highest BCUT2D eigenvalue weighted by Gasteiger charge is 2.08. The maximum absolute atomic E-state index is 9.55. The van der Waals surface area contributed by atoms with Crippen LogP contribution >= 0.6 is 0 Å². The molecule has 0 aromatic carbocycles. The van der Waals surface area contributed by atoms with Gasteiger partial charge < -0.3 is 5.11 Å². The van der Waals surface area contributed by atoms with Crippen LogP contribution in [0.2, 0.25) is 0 Å². The van der Waals surface area contributed by atoms with Crippen LogP contribution in [0.1, 0.15) is 25.8 Å². The topological polar surface area (TPSA) is 46.0 Å². The molecule has 1 unspecified atom stereocenters. The van der Waals surface area contributed by atoms with Gasteiger partial charge in [-0.3, -0.25) is 0 Å². The van der Waals surface area contributed by atoms with Crippen molar-refractivity contribution in [1.29, 1.82) is 0 Å². The minimum Gasteiger partial charge on any atom is -0.393 e. The monoisotopic (exact) mass is 180 g/mol. The number of aliphatic hydroxyl groups is 1. The van der Waals surface area contributed by atoms with Crippen molar-refractivity contribution in [3.8, 4) is 0 Å². The largest absolute Gasteiger partial charge is 0.393 e. The van der Waals surface area contributed by atoms with Gasteiger partial charge in [0.25, 0.3) is 0 Å². The predicted molar refractivity (Wildman–Crippen MR) is 51.2 cm³/mol. The first-order chi connectivity index (χ1) is 6.20. The number of aryl methyl sites for hydroxylation is 1. The molecule has 1 rings (SSSR count). The summed E-state index contributed by atoms with van der Waals surface area (Å²) in [5.41, 5.74) is 1.09. The molecule has 0 radical (unpaired) electrons. The maximum atomic E-state index is 9.55. The van der Waals surface area contributed by atoms with Crippen molar-refractivity contribution < 1.29 is 5.11 Å². The van der Waals surface area contributed by atoms with E-state index in [1.54, 1.807) is 12.4 Å².